The third-order valence-corrected chi connectivity index (χ3v) is 10.5. The van der Waals surface area contributed by atoms with E-state index in [4.69, 9.17) is 13.0 Å². The molecule has 0 amide bonds. The van der Waals surface area contributed by atoms with E-state index in [0.29, 0.717) is 0 Å². The van der Waals surface area contributed by atoms with Crippen molar-refractivity contribution in [2.24, 2.45) is 0 Å². The Morgan fingerprint density at radius 1 is 0.500 bits per heavy atom. The van der Waals surface area contributed by atoms with E-state index in [1.54, 1.807) is 0 Å². The molecule has 112 valence electrons. The summed E-state index contributed by atoms with van der Waals surface area (Å²) >= 11 is -4.44. The molecule has 0 aliphatic heterocycles. The van der Waals surface area contributed by atoms with E-state index in [0.717, 1.165) is 0 Å². The van der Waals surface area contributed by atoms with Crippen molar-refractivity contribution in [3.63, 3.8) is 0 Å². The van der Waals surface area contributed by atoms with Gasteiger partial charge in [-0.3, -0.25) is 0 Å². The van der Waals surface area contributed by atoms with Gasteiger partial charge in [-0.05, 0) is 0 Å². The summed E-state index contributed by atoms with van der Waals surface area (Å²) in [4.78, 5) is 0. The van der Waals surface area contributed by atoms with Crippen molar-refractivity contribution in [2.75, 3.05) is 0 Å². The van der Waals surface area contributed by atoms with Crippen LogP contribution in [-0.2, 0) is 30.4 Å². The second-order valence-corrected chi connectivity index (χ2v) is 13.7. The first-order chi connectivity index (χ1) is 7.96. The fourth-order valence-electron chi connectivity index (χ4n) is 2.03. The van der Waals surface area contributed by atoms with Gasteiger partial charge in [0.25, 0.3) is 0 Å². The van der Waals surface area contributed by atoms with Gasteiger partial charge in [0.05, 0.1) is 0 Å². The summed E-state index contributed by atoms with van der Waals surface area (Å²) in [5, 5.41) is 1.91. The van der Waals surface area contributed by atoms with Crippen molar-refractivity contribution in [1.29, 1.82) is 0 Å². The van der Waals surface area contributed by atoms with Gasteiger partial charge in [0.1, 0.15) is 0 Å². The second kappa shape index (κ2) is 6.84. The van der Waals surface area contributed by atoms with Gasteiger partial charge in [0.15, 0.2) is 0 Å². The molecule has 0 rings (SSSR count). The summed E-state index contributed by atoms with van der Waals surface area (Å²) in [6.45, 7) is 15.8. The van der Waals surface area contributed by atoms with Crippen molar-refractivity contribution in [2.45, 2.75) is 84.9 Å². The van der Waals surface area contributed by atoms with Crippen molar-refractivity contribution >= 4 is 0 Å². The molecule has 5 heteroatoms. The average Bonchev–Trinajstić information content (AvgIpc) is 1.92. The van der Waals surface area contributed by atoms with Gasteiger partial charge in [0.2, 0.25) is 0 Å². The topological polar surface area (TPSA) is 36.9 Å². The van der Waals surface area contributed by atoms with E-state index in [2.05, 4.69) is 0 Å². The fraction of sp³-hybridized carbons (Fsp3) is 1.00. The van der Waals surface area contributed by atoms with Crippen LogP contribution in [0.2, 0.25) is 5.14 Å². The van der Waals surface area contributed by atoms with Crippen molar-refractivity contribution in [3.05, 3.63) is 0 Å². The van der Waals surface area contributed by atoms with E-state index < -0.39 is 17.4 Å². The van der Waals surface area contributed by atoms with E-state index >= 15 is 0 Å². The van der Waals surface area contributed by atoms with Crippen LogP contribution in [0.1, 0.15) is 55.4 Å². The van der Waals surface area contributed by atoms with Crippen LogP contribution in [0, 0.1) is 0 Å². The van der Waals surface area contributed by atoms with Crippen molar-refractivity contribution in [3.8, 4) is 0 Å². The van der Waals surface area contributed by atoms with Crippen LogP contribution in [0.4, 0.5) is 0 Å². The number of rotatable bonds is 8. The van der Waals surface area contributed by atoms with E-state index in [1.165, 1.54) is 0 Å². The van der Waals surface area contributed by atoms with Gasteiger partial charge in [0, 0.05) is 0 Å². The first kappa shape index (κ1) is 18.6. The Labute approximate surface area is 115 Å². The number of hydrogen-bond donors (Lipinski definition) is 0. The van der Waals surface area contributed by atoms with E-state index in [9.17, 15) is 0 Å². The standard InChI is InChI=1S/4C3H7O.CH3.Nb/c4*1-3(2)4;;/h4*3H,1-2H3;1H3;/q4*-1;;+4. The normalized spacial score (nSPS) is 15.7. The maximum absolute atomic E-state index is 6.09. The van der Waals surface area contributed by atoms with Gasteiger partial charge in [-0.15, -0.1) is 0 Å². The number of hydrogen-bond acceptors (Lipinski definition) is 4. The SMILES string of the molecule is CC(C)[O][Nb]([CH3])([O]C(C)C)([O]C(C)C)[O]C(C)C. The van der Waals surface area contributed by atoms with Crippen LogP contribution in [0.5, 0.6) is 0 Å². The van der Waals surface area contributed by atoms with Gasteiger partial charge in [-0.25, -0.2) is 0 Å². The molecule has 0 radical (unpaired) electrons. The monoisotopic (exact) mass is 344 g/mol. The summed E-state index contributed by atoms with van der Waals surface area (Å²) in [5.41, 5.74) is 0. The summed E-state index contributed by atoms with van der Waals surface area (Å²) in [5.74, 6) is 0. The Morgan fingerprint density at radius 3 is 0.778 bits per heavy atom. The predicted octanol–water partition coefficient (Wildman–Crippen LogP) is 4.08. The predicted molar refractivity (Wildman–Crippen MR) is 70.7 cm³/mol. The van der Waals surface area contributed by atoms with Gasteiger partial charge in [-0.2, -0.15) is 0 Å². The first-order valence-electron chi connectivity index (χ1n) is 6.74. The van der Waals surface area contributed by atoms with Gasteiger partial charge >= 0.3 is 115 Å². The Bertz CT molecular complexity index is 200. The van der Waals surface area contributed by atoms with Crippen LogP contribution < -0.4 is 0 Å². The third-order valence-electron chi connectivity index (χ3n) is 1.78. The van der Waals surface area contributed by atoms with Crippen LogP contribution in [-0.4, -0.2) is 24.4 Å². The molecule has 0 aliphatic rings. The average molecular weight is 344 g/mol. The van der Waals surface area contributed by atoms with Crippen LogP contribution in [0.15, 0.2) is 0 Å². The van der Waals surface area contributed by atoms with Crippen molar-refractivity contribution in [1.82, 2.24) is 0 Å². The second-order valence-electron chi connectivity index (χ2n) is 5.79. The van der Waals surface area contributed by atoms with Crippen LogP contribution in [0.3, 0.4) is 0 Å². The summed E-state index contributed by atoms with van der Waals surface area (Å²) in [7, 11) is 0. The quantitative estimate of drug-likeness (QED) is 0.622. The Morgan fingerprint density at radius 2 is 0.667 bits per heavy atom. The molecule has 0 saturated carbocycles. The molecule has 4 nitrogen and oxygen atoms in total. The molecule has 18 heavy (non-hydrogen) atoms. The molecule has 0 fully saturated rings. The molecular formula is C13H31NbO4. The Balaban J connectivity index is 5.35. The maximum atomic E-state index is 6.09. The summed E-state index contributed by atoms with van der Waals surface area (Å²) in [6, 6.07) is 0. The molecule has 0 bridgehead atoms. The minimum absolute atomic E-state index is 0.00745. The minimum atomic E-state index is -4.44. The first-order valence-corrected chi connectivity index (χ1v) is 12.5. The molecule has 0 aromatic heterocycles. The molecule has 0 atom stereocenters. The van der Waals surface area contributed by atoms with Crippen LogP contribution >= 0.6 is 0 Å². The molecule has 0 aromatic rings. The molecule has 0 unspecified atom stereocenters. The van der Waals surface area contributed by atoms with Crippen molar-refractivity contribution < 1.29 is 30.4 Å². The van der Waals surface area contributed by atoms with Gasteiger partial charge < -0.3 is 0 Å². The Hall–Kier alpha value is 0.580. The molecule has 0 spiro atoms. The van der Waals surface area contributed by atoms with Crippen LogP contribution in [0.25, 0.3) is 0 Å². The van der Waals surface area contributed by atoms with E-state index in [-0.39, 0.29) is 24.4 Å². The molecule has 0 aromatic carbocycles. The van der Waals surface area contributed by atoms with Gasteiger partial charge in [-0.1, -0.05) is 0 Å². The molecule has 0 heterocycles. The summed E-state index contributed by atoms with van der Waals surface area (Å²) < 4.78 is 24.4. The van der Waals surface area contributed by atoms with E-state index in [1.807, 2.05) is 60.5 Å². The molecule has 0 saturated heterocycles. The fourth-order valence-corrected chi connectivity index (χ4v) is 12.0. The zero-order valence-electron chi connectivity index (χ0n) is 13.4. The third kappa shape index (κ3) is 6.66. The molecular weight excluding hydrogens is 313 g/mol. The zero-order chi connectivity index (χ0) is 14.6. The molecule has 0 aliphatic carbocycles. The Kier molecular flexibility index (Phi) is 7.06. The zero-order valence-corrected chi connectivity index (χ0v) is 15.6. The summed E-state index contributed by atoms with van der Waals surface area (Å²) in [6.07, 6.45) is 0.0298. The molecule has 0 N–H and O–H groups in total.